The lowest BCUT2D eigenvalue weighted by molar-refractivity contribution is 0.172. The van der Waals surface area contributed by atoms with Crippen LogP contribution in [0.15, 0.2) is 59.5 Å². The first-order valence-electron chi connectivity index (χ1n) is 9.71. The fraction of sp³-hybridized carbons (Fsp3) is 0.381. The van der Waals surface area contributed by atoms with Gasteiger partial charge >= 0.3 is 6.03 Å². The second-order valence-corrected chi connectivity index (χ2v) is 8.83. The van der Waals surface area contributed by atoms with Gasteiger partial charge in [0.25, 0.3) is 0 Å². The van der Waals surface area contributed by atoms with Crippen LogP contribution in [0.4, 0.5) is 4.79 Å². The van der Waals surface area contributed by atoms with Crippen molar-refractivity contribution < 1.29 is 17.9 Å². The highest BCUT2D eigenvalue weighted by Gasteiger charge is 2.30. The van der Waals surface area contributed by atoms with Crippen LogP contribution in [0, 0.1) is 0 Å². The van der Waals surface area contributed by atoms with Gasteiger partial charge in [-0.05, 0) is 42.7 Å². The third-order valence-corrected chi connectivity index (χ3v) is 6.90. The van der Waals surface area contributed by atoms with E-state index in [9.17, 15) is 13.2 Å². The summed E-state index contributed by atoms with van der Waals surface area (Å²) in [5.74, 6) is 0.609. The zero-order valence-corrected chi connectivity index (χ0v) is 17.4. The normalized spacial score (nSPS) is 15.1. The van der Waals surface area contributed by atoms with Crippen LogP contribution in [-0.4, -0.2) is 63.5 Å². The minimum Gasteiger partial charge on any atom is -0.497 e. The number of nitrogens with zero attached hydrogens (tertiary/aromatic N) is 2. The number of amides is 2. The maximum atomic E-state index is 12.8. The van der Waals surface area contributed by atoms with Crippen LogP contribution < -0.4 is 10.1 Å². The Morgan fingerprint density at radius 3 is 2.28 bits per heavy atom. The van der Waals surface area contributed by atoms with Crippen LogP contribution in [0.3, 0.4) is 0 Å². The number of methoxy groups -OCH3 is 1. The second-order valence-electron chi connectivity index (χ2n) is 6.89. The molecule has 0 bridgehead atoms. The molecule has 0 saturated carbocycles. The molecule has 1 aliphatic heterocycles. The van der Waals surface area contributed by atoms with Crippen molar-refractivity contribution in [1.29, 1.82) is 0 Å². The zero-order chi connectivity index (χ0) is 20.7. The molecule has 0 atom stereocenters. The number of urea groups is 1. The molecule has 0 aliphatic carbocycles. The number of ether oxygens (including phenoxy) is 1. The van der Waals surface area contributed by atoms with E-state index in [4.69, 9.17) is 4.74 Å². The SMILES string of the molecule is COc1ccc(S(=O)(=O)N2CCN(C(=O)NCCCc3ccccc3)CC2)cc1. The summed E-state index contributed by atoms with van der Waals surface area (Å²) in [6.45, 7) is 1.91. The van der Waals surface area contributed by atoms with Crippen LogP contribution in [0.1, 0.15) is 12.0 Å². The van der Waals surface area contributed by atoms with Gasteiger partial charge in [-0.3, -0.25) is 0 Å². The topological polar surface area (TPSA) is 79.0 Å². The number of carbonyl (C=O) groups excluding carboxylic acids is 1. The van der Waals surface area contributed by atoms with Crippen molar-refractivity contribution in [2.75, 3.05) is 39.8 Å². The van der Waals surface area contributed by atoms with Crippen LogP contribution >= 0.6 is 0 Å². The van der Waals surface area contributed by atoms with E-state index in [1.807, 2.05) is 18.2 Å². The Balaban J connectivity index is 1.44. The molecule has 1 heterocycles. The molecule has 8 heteroatoms. The molecule has 2 aromatic carbocycles. The van der Waals surface area contributed by atoms with Crippen molar-refractivity contribution >= 4 is 16.1 Å². The summed E-state index contributed by atoms with van der Waals surface area (Å²) in [7, 11) is -2.03. The van der Waals surface area contributed by atoms with E-state index >= 15 is 0 Å². The summed E-state index contributed by atoms with van der Waals surface area (Å²) in [6.07, 6.45) is 1.77. The number of sulfonamides is 1. The molecule has 1 fully saturated rings. The molecule has 0 spiro atoms. The monoisotopic (exact) mass is 417 g/mol. The Bertz CT molecular complexity index is 893. The van der Waals surface area contributed by atoms with Crippen molar-refractivity contribution in [3.05, 3.63) is 60.2 Å². The average Bonchev–Trinajstić information content (AvgIpc) is 2.77. The first-order valence-corrected chi connectivity index (χ1v) is 11.2. The van der Waals surface area contributed by atoms with Crippen molar-refractivity contribution in [1.82, 2.24) is 14.5 Å². The Morgan fingerprint density at radius 1 is 1.00 bits per heavy atom. The van der Waals surface area contributed by atoms with Gasteiger partial charge in [0.1, 0.15) is 5.75 Å². The van der Waals surface area contributed by atoms with Gasteiger partial charge in [-0.1, -0.05) is 30.3 Å². The van der Waals surface area contributed by atoms with Crippen molar-refractivity contribution in [3.63, 3.8) is 0 Å². The van der Waals surface area contributed by atoms with Gasteiger partial charge in [-0.15, -0.1) is 0 Å². The summed E-state index contributed by atoms with van der Waals surface area (Å²) in [5.41, 5.74) is 1.25. The first-order chi connectivity index (χ1) is 14.0. The molecule has 1 N–H and O–H groups in total. The Morgan fingerprint density at radius 2 is 1.66 bits per heavy atom. The molecule has 1 saturated heterocycles. The van der Waals surface area contributed by atoms with Crippen LogP contribution in [0.2, 0.25) is 0 Å². The largest absolute Gasteiger partial charge is 0.497 e. The fourth-order valence-corrected chi connectivity index (χ4v) is 4.69. The maximum Gasteiger partial charge on any atom is 0.317 e. The molecule has 0 radical (unpaired) electrons. The summed E-state index contributed by atoms with van der Waals surface area (Å²) in [5, 5.41) is 2.93. The highest BCUT2D eigenvalue weighted by Crippen LogP contribution is 2.20. The lowest BCUT2D eigenvalue weighted by Crippen LogP contribution is -2.53. The molecule has 29 heavy (non-hydrogen) atoms. The van der Waals surface area contributed by atoms with E-state index in [1.54, 1.807) is 29.2 Å². The number of nitrogens with one attached hydrogen (secondary N) is 1. The molecule has 0 unspecified atom stereocenters. The number of benzene rings is 2. The van der Waals surface area contributed by atoms with E-state index < -0.39 is 10.0 Å². The van der Waals surface area contributed by atoms with Crippen molar-refractivity contribution in [2.45, 2.75) is 17.7 Å². The number of aryl methyl sites for hydroxylation is 1. The molecule has 1 aliphatic rings. The van der Waals surface area contributed by atoms with Crippen molar-refractivity contribution in [3.8, 4) is 5.75 Å². The molecule has 0 aromatic heterocycles. The summed E-state index contributed by atoms with van der Waals surface area (Å²) in [6, 6.07) is 16.4. The highest BCUT2D eigenvalue weighted by molar-refractivity contribution is 7.89. The second kappa shape index (κ2) is 9.76. The number of piperazine rings is 1. The highest BCUT2D eigenvalue weighted by atomic mass is 32.2. The predicted octanol–water partition coefficient (Wildman–Crippen LogP) is 2.34. The molecular weight excluding hydrogens is 390 g/mol. The minimum atomic E-state index is -3.57. The Hall–Kier alpha value is -2.58. The van der Waals surface area contributed by atoms with Gasteiger partial charge in [-0.25, -0.2) is 13.2 Å². The van der Waals surface area contributed by atoms with Crippen LogP contribution in [0.5, 0.6) is 5.75 Å². The van der Waals surface area contributed by atoms with E-state index in [1.165, 1.54) is 17.0 Å². The van der Waals surface area contributed by atoms with Crippen LogP contribution in [-0.2, 0) is 16.4 Å². The summed E-state index contributed by atoms with van der Waals surface area (Å²) < 4.78 is 32.0. The molecule has 3 rings (SSSR count). The smallest absolute Gasteiger partial charge is 0.317 e. The standard InChI is InChI=1S/C21H27N3O4S/c1-28-19-9-11-20(12-10-19)29(26,27)24-16-14-23(15-17-24)21(25)22-13-5-8-18-6-3-2-4-7-18/h2-4,6-7,9-12H,5,8,13-17H2,1H3,(H,22,25). The van der Waals surface area contributed by atoms with E-state index in [0.29, 0.717) is 25.4 Å². The molecule has 2 amide bonds. The van der Waals surface area contributed by atoms with Crippen molar-refractivity contribution in [2.24, 2.45) is 0 Å². The zero-order valence-electron chi connectivity index (χ0n) is 16.6. The quantitative estimate of drug-likeness (QED) is 0.702. The van der Waals surface area contributed by atoms with E-state index in [-0.39, 0.29) is 24.0 Å². The number of rotatable bonds is 7. The van der Waals surface area contributed by atoms with E-state index in [2.05, 4.69) is 17.4 Å². The third-order valence-electron chi connectivity index (χ3n) is 4.98. The van der Waals surface area contributed by atoms with E-state index in [0.717, 1.165) is 12.8 Å². The van der Waals surface area contributed by atoms with Gasteiger partial charge < -0.3 is 15.0 Å². The Kier molecular flexibility index (Phi) is 7.11. The fourth-order valence-electron chi connectivity index (χ4n) is 3.27. The maximum absolute atomic E-state index is 12.8. The summed E-state index contributed by atoms with van der Waals surface area (Å²) in [4.78, 5) is 14.2. The van der Waals surface area contributed by atoms with Gasteiger partial charge in [0, 0.05) is 32.7 Å². The molecule has 156 valence electrons. The number of carbonyl (C=O) groups is 1. The third kappa shape index (κ3) is 5.48. The van der Waals surface area contributed by atoms with Gasteiger partial charge in [0.05, 0.1) is 12.0 Å². The van der Waals surface area contributed by atoms with Gasteiger partial charge in [0.15, 0.2) is 0 Å². The average molecular weight is 418 g/mol. The Labute approximate surface area is 172 Å². The minimum absolute atomic E-state index is 0.139. The molecule has 2 aromatic rings. The lowest BCUT2D eigenvalue weighted by Gasteiger charge is -2.34. The molecule has 7 nitrogen and oxygen atoms in total. The van der Waals surface area contributed by atoms with Crippen LogP contribution in [0.25, 0.3) is 0 Å². The molecular formula is C21H27N3O4S. The number of hydrogen-bond donors (Lipinski definition) is 1. The first kappa shape index (κ1) is 21.1. The number of hydrogen-bond acceptors (Lipinski definition) is 4. The summed E-state index contributed by atoms with van der Waals surface area (Å²) >= 11 is 0. The van der Waals surface area contributed by atoms with Gasteiger partial charge in [-0.2, -0.15) is 4.31 Å². The lowest BCUT2D eigenvalue weighted by atomic mass is 10.1. The predicted molar refractivity (Wildman–Crippen MR) is 111 cm³/mol. The van der Waals surface area contributed by atoms with Gasteiger partial charge in [0.2, 0.25) is 10.0 Å².